The van der Waals surface area contributed by atoms with E-state index in [-0.39, 0.29) is 6.03 Å². The van der Waals surface area contributed by atoms with Crippen molar-refractivity contribution >= 4 is 6.03 Å². The van der Waals surface area contributed by atoms with Crippen LogP contribution < -0.4 is 10.6 Å². The molecule has 1 rings (SSSR count). The van der Waals surface area contributed by atoms with Crippen molar-refractivity contribution in [2.45, 2.75) is 32.7 Å². The summed E-state index contributed by atoms with van der Waals surface area (Å²) in [5.41, 5.74) is 0. The number of hydrogen-bond acceptors (Lipinski definition) is 2. The first kappa shape index (κ1) is 11.3. The van der Waals surface area contributed by atoms with Crippen LogP contribution in [0.15, 0.2) is 0 Å². The average molecular weight is 199 g/mol. The minimum atomic E-state index is 0.0729. The molecule has 0 spiro atoms. The summed E-state index contributed by atoms with van der Waals surface area (Å²) in [6, 6.07) is 0.389. The van der Waals surface area contributed by atoms with Crippen molar-refractivity contribution in [3.63, 3.8) is 0 Å². The van der Waals surface area contributed by atoms with Crippen molar-refractivity contribution < 1.29 is 4.79 Å². The van der Waals surface area contributed by atoms with Gasteiger partial charge in [-0.3, -0.25) is 0 Å². The molecule has 1 atom stereocenters. The van der Waals surface area contributed by atoms with E-state index in [9.17, 15) is 4.79 Å². The first-order valence-corrected chi connectivity index (χ1v) is 5.54. The molecule has 82 valence electrons. The van der Waals surface area contributed by atoms with Gasteiger partial charge in [-0.1, -0.05) is 0 Å². The van der Waals surface area contributed by atoms with Gasteiger partial charge < -0.3 is 15.5 Å². The molecule has 0 saturated carbocycles. The second kappa shape index (κ2) is 5.86. The standard InChI is InChI=1S/C10H21N3O/c1-3-13(4-2)10(14)12-9-6-5-7-11-8-9/h9,11H,3-8H2,1-2H3,(H,12,14)/t9-/m1/s1. The first-order chi connectivity index (χ1) is 6.77. The molecule has 4 nitrogen and oxygen atoms in total. The molecule has 2 N–H and O–H groups in total. The molecular formula is C10H21N3O. The van der Waals surface area contributed by atoms with Crippen molar-refractivity contribution in [2.75, 3.05) is 26.2 Å². The van der Waals surface area contributed by atoms with Crippen LogP contribution in [0, 0.1) is 0 Å². The summed E-state index contributed by atoms with van der Waals surface area (Å²) in [6.45, 7) is 7.56. The van der Waals surface area contributed by atoms with Crippen LogP contribution in [-0.4, -0.2) is 43.2 Å². The van der Waals surface area contributed by atoms with E-state index in [4.69, 9.17) is 0 Å². The van der Waals surface area contributed by atoms with Crippen LogP contribution in [0.1, 0.15) is 26.7 Å². The van der Waals surface area contributed by atoms with E-state index in [1.54, 1.807) is 0 Å². The Balaban J connectivity index is 2.30. The van der Waals surface area contributed by atoms with Gasteiger partial charge in [0.25, 0.3) is 0 Å². The lowest BCUT2D eigenvalue weighted by molar-refractivity contribution is 0.196. The van der Waals surface area contributed by atoms with Gasteiger partial charge in [0.15, 0.2) is 0 Å². The van der Waals surface area contributed by atoms with Gasteiger partial charge >= 0.3 is 6.03 Å². The van der Waals surface area contributed by atoms with Gasteiger partial charge in [0.2, 0.25) is 0 Å². The maximum atomic E-state index is 11.7. The summed E-state index contributed by atoms with van der Waals surface area (Å²) >= 11 is 0. The number of rotatable bonds is 3. The van der Waals surface area contributed by atoms with Gasteiger partial charge in [-0.15, -0.1) is 0 Å². The largest absolute Gasteiger partial charge is 0.334 e. The van der Waals surface area contributed by atoms with Gasteiger partial charge in [0.1, 0.15) is 0 Å². The summed E-state index contributed by atoms with van der Waals surface area (Å²) < 4.78 is 0. The highest BCUT2D eigenvalue weighted by Gasteiger charge is 2.17. The van der Waals surface area contributed by atoms with Crippen LogP contribution in [0.5, 0.6) is 0 Å². The Hall–Kier alpha value is -0.770. The van der Waals surface area contributed by atoms with E-state index in [2.05, 4.69) is 10.6 Å². The molecule has 1 heterocycles. The molecular weight excluding hydrogens is 178 g/mol. The zero-order chi connectivity index (χ0) is 10.4. The van der Waals surface area contributed by atoms with E-state index in [1.807, 2.05) is 18.7 Å². The van der Waals surface area contributed by atoms with Gasteiger partial charge in [0.05, 0.1) is 0 Å². The number of piperidine rings is 1. The van der Waals surface area contributed by atoms with Crippen molar-refractivity contribution in [1.29, 1.82) is 0 Å². The molecule has 0 aromatic rings. The highest BCUT2D eigenvalue weighted by molar-refractivity contribution is 5.74. The van der Waals surface area contributed by atoms with Gasteiger partial charge in [-0.05, 0) is 33.2 Å². The lowest BCUT2D eigenvalue weighted by Crippen LogP contribution is -2.50. The van der Waals surface area contributed by atoms with E-state index < -0.39 is 0 Å². The maximum Gasteiger partial charge on any atom is 0.317 e. The normalized spacial score (nSPS) is 21.7. The minimum absolute atomic E-state index is 0.0729. The van der Waals surface area contributed by atoms with Crippen LogP contribution in [-0.2, 0) is 0 Å². The van der Waals surface area contributed by atoms with Crippen molar-refractivity contribution in [3.05, 3.63) is 0 Å². The Bertz CT molecular complexity index is 174. The third-order valence-corrected chi connectivity index (χ3v) is 2.68. The molecule has 0 bridgehead atoms. The molecule has 2 amide bonds. The Labute approximate surface area is 86.0 Å². The van der Waals surface area contributed by atoms with Crippen molar-refractivity contribution in [3.8, 4) is 0 Å². The second-order valence-corrected chi connectivity index (χ2v) is 3.67. The van der Waals surface area contributed by atoms with Gasteiger partial charge in [-0.2, -0.15) is 0 Å². The fraction of sp³-hybridized carbons (Fsp3) is 0.900. The number of hydrogen-bond donors (Lipinski definition) is 2. The monoisotopic (exact) mass is 199 g/mol. The highest BCUT2D eigenvalue weighted by atomic mass is 16.2. The molecule has 1 aliphatic rings. The molecule has 1 saturated heterocycles. The molecule has 0 unspecified atom stereocenters. The Morgan fingerprint density at radius 2 is 2.21 bits per heavy atom. The number of urea groups is 1. The zero-order valence-corrected chi connectivity index (χ0v) is 9.18. The molecule has 1 fully saturated rings. The molecule has 0 aromatic heterocycles. The molecule has 0 aliphatic carbocycles. The number of nitrogens with zero attached hydrogens (tertiary/aromatic N) is 1. The summed E-state index contributed by atoms with van der Waals surface area (Å²) in [5.74, 6) is 0. The fourth-order valence-electron chi connectivity index (χ4n) is 1.75. The minimum Gasteiger partial charge on any atom is -0.334 e. The van der Waals surface area contributed by atoms with Gasteiger partial charge in [0, 0.05) is 25.7 Å². The van der Waals surface area contributed by atoms with Gasteiger partial charge in [-0.25, -0.2) is 4.79 Å². The summed E-state index contributed by atoms with van der Waals surface area (Å²) in [5, 5.41) is 6.33. The van der Waals surface area contributed by atoms with E-state index in [1.165, 1.54) is 0 Å². The lowest BCUT2D eigenvalue weighted by Gasteiger charge is -2.27. The van der Waals surface area contributed by atoms with Crippen LogP contribution >= 0.6 is 0 Å². The second-order valence-electron chi connectivity index (χ2n) is 3.67. The maximum absolute atomic E-state index is 11.7. The Kier molecular flexibility index (Phi) is 4.73. The summed E-state index contributed by atoms with van der Waals surface area (Å²) in [4.78, 5) is 13.5. The van der Waals surface area contributed by atoms with E-state index >= 15 is 0 Å². The SMILES string of the molecule is CCN(CC)C(=O)N[C@@H]1CCCNC1. The number of carbonyl (C=O) groups is 1. The fourth-order valence-corrected chi connectivity index (χ4v) is 1.75. The van der Waals surface area contributed by atoms with E-state index in [0.717, 1.165) is 39.0 Å². The number of nitrogens with one attached hydrogen (secondary N) is 2. The third kappa shape index (κ3) is 3.18. The topological polar surface area (TPSA) is 44.4 Å². The number of carbonyl (C=O) groups excluding carboxylic acids is 1. The van der Waals surface area contributed by atoms with E-state index in [0.29, 0.717) is 6.04 Å². The summed E-state index contributed by atoms with van der Waals surface area (Å²) in [7, 11) is 0. The van der Waals surface area contributed by atoms with Crippen LogP contribution in [0.2, 0.25) is 0 Å². The lowest BCUT2D eigenvalue weighted by atomic mass is 10.1. The van der Waals surface area contributed by atoms with Crippen molar-refractivity contribution in [2.24, 2.45) is 0 Å². The molecule has 14 heavy (non-hydrogen) atoms. The van der Waals surface area contributed by atoms with Crippen LogP contribution in [0.3, 0.4) is 0 Å². The Morgan fingerprint density at radius 3 is 2.71 bits per heavy atom. The number of amides is 2. The van der Waals surface area contributed by atoms with Crippen LogP contribution in [0.4, 0.5) is 4.79 Å². The average Bonchev–Trinajstić information content (AvgIpc) is 2.21. The predicted octanol–water partition coefficient (Wildman–Crippen LogP) is 0.790. The molecule has 0 aromatic carbocycles. The third-order valence-electron chi connectivity index (χ3n) is 2.68. The zero-order valence-electron chi connectivity index (χ0n) is 9.18. The Morgan fingerprint density at radius 1 is 1.50 bits per heavy atom. The highest BCUT2D eigenvalue weighted by Crippen LogP contribution is 2.02. The van der Waals surface area contributed by atoms with Crippen molar-refractivity contribution in [1.82, 2.24) is 15.5 Å². The van der Waals surface area contributed by atoms with Crippen LogP contribution in [0.25, 0.3) is 0 Å². The summed E-state index contributed by atoms with van der Waals surface area (Å²) in [6.07, 6.45) is 2.25. The predicted molar refractivity (Wildman–Crippen MR) is 57.3 cm³/mol. The molecule has 1 aliphatic heterocycles. The quantitative estimate of drug-likeness (QED) is 0.706. The first-order valence-electron chi connectivity index (χ1n) is 5.54. The molecule has 0 radical (unpaired) electrons. The smallest absolute Gasteiger partial charge is 0.317 e. The molecule has 4 heteroatoms.